The molecule has 1 aliphatic rings. The second-order valence-electron chi connectivity index (χ2n) is 5.80. The molecule has 1 rings (SSSR count). The molecule has 0 aromatic carbocycles. The van der Waals surface area contributed by atoms with Crippen LogP contribution < -0.4 is 11.1 Å². The summed E-state index contributed by atoms with van der Waals surface area (Å²) >= 11 is 0. The van der Waals surface area contributed by atoms with E-state index >= 15 is 0 Å². The highest BCUT2D eigenvalue weighted by molar-refractivity contribution is 4.79. The first-order valence-corrected chi connectivity index (χ1v) is 7.16. The van der Waals surface area contributed by atoms with E-state index in [0.29, 0.717) is 6.04 Å². The molecule has 1 saturated carbocycles. The number of nitrogens with one attached hydrogen (secondary N) is 1. The van der Waals surface area contributed by atoms with Gasteiger partial charge in [-0.15, -0.1) is 0 Å². The van der Waals surface area contributed by atoms with E-state index in [9.17, 15) is 0 Å². The van der Waals surface area contributed by atoms with Gasteiger partial charge >= 0.3 is 0 Å². The standard InChI is InChI=1S/C14H30N2/c1-12(2)7-5-6-10-16-11-13-8-3-4-9-14(13)15/h12-14,16H,3-11,15H2,1-2H3. The van der Waals surface area contributed by atoms with E-state index in [1.165, 1.54) is 51.5 Å². The molecule has 0 amide bonds. The Hall–Kier alpha value is -0.0800. The smallest absolute Gasteiger partial charge is 0.00792 e. The number of unbranched alkanes of at least 4 members (excludes halogenated alkanes) is 1. The van der Waals surface area contributed by atoms with Crippen LogP contribution in [0.25, 0.3) is 0 Å². The fourth-order valence-corrected chi connectivity index (χ4v) is 2.58. The van der Waals surface area contributed by atoms with Gasteiger partial charge in [0.25, 0.3) is 0 Å². The van der Waals surface area contributed by atoms with E-state index in [1.807, 2.05) is 0 Å². The van der Waals surface area contributed by atoms with E-state index in [1.54, 1.807) is 0 Å². The van der Waals surface area contributed by atoms with Crippen LogP contribution in [-0.4, -0.2) is 19.1 Å². The van der Waals surface area contributed by atoms with Gasteiger partial charge in [0.05, 0.1) is 0 Å². The Morgan fingerprint density at radius 2 is 1.94 bits per heavy atom. The highest BCUT2D eigenvalue weighted by atomic mass is 14.9. The lowest BCUT2D eigenvalue weighted by molar-refractivity contribution is 0.296. The van der Waals surface area contributed by atoms with Crippen molar-refractivity contribution >= 4 is 0 Å². The SMILES string of the molecule is CC(C)CCCCNCC1CCCCC1N. The summed E-state index contributed by atoms with van der Waals surface area (Å²) in [5.74, 6) is 1.59. The normalized spacial score (nSPS) is 26.2. The first-order valence-electron chi connectivity index (χ1n) is 7.16. The molecule has 1 fully saturated rings. The van der Waals surface area contributed by atoms with Crippen molar-refractivity contribution in [1.29, 1.82) is 0 Å². The molecule has 3 N–H and O–H groups in total. The third kappa shape index (κ3) is 5.86. The van der Waals surface area contributed by atoms with E-state index in [-0.39, 0.29) is 0 Å². The van der Waals surface area contributed by atoms with Crippen molar-refractivity contribution in [3.63, 3.8) is 0 Å². The van der Waals surface area contributed by atoms with Crippen molar-refractivity contribution in [2.24, 2.45) is 17.6 Å². The van der Waals surface area contributed by atoms with Crippen LogP contribution in [0.15, 0.2) is 0 Å². The van der Waals surface area contributed by atoms with Gasteiger partial charge in [-0.05, 0) is 44.2 Å². The topological polar surface area (TPSA) is 38.0 Å². The van der Waals surface area contributed by atoms with Gasteiger partial charge in [-0.3, -0.25) is 0 Å². The zero-order valence-electron chi connectivity index (χ0n) is 11.2. The molecule has 96 valence electrons. The second-order valence-corrected chi connectivity index (χ2v) is 5.80. The first kappa shape index (κ1) is 14.0. The molecule has 0 saturated heterocycles. The summed E-state index contributed by atoms with van der Waals surface area (Å²) in [6, 6.07) is 0.455. The van der Waals surface area contributed by atoms with Crippen molar-refractivity contribution in [2.75, 3.05) is 13.1 Å². The molecule has 0 spiro atoms. The van der Waals surface area contributed by atoms with Crippen molar-refractivity contribution in [2.45, 2.75) is 64.8 Å². The monoisotopic (exact) mass is 226 g/mol. The van der Waals surface area contributed by atoms with Gasteiger partial charge in [-0.25, -0.2) is 0 Å². The zero-order valence-corrected chi connectivity index (χ0v) is 11.2. The van der Waals surface area contributed by atoms with Gasteiger partial charge in [0.2, 0.25) is 0 Å². The maximum atomic E-state index is 6.12. The second kappa shape index (κ2) is 8.08. The summed E-state index contributed by atoms with van der Waals surface area (Å²) in [5, 5.41) is 3.58. The highest BCUT2D eigenvalue weighted by Crippen LogP contribution is 2.22. The van der Waals surface area contributed by atoms with Crippen molar-refractivity contribution in [1.82, 2.24) is 5.32 Å². The Kier molecular flexibility index (Phi) is 7.06. The fraction of sp³-hybridized carbons (Fsp3) is 1.00. The molecular formula is C14H30N2. The van der Waals surface area contributed by atoms with E-state index in [0.717, 1.165) is 18.4 Å². The Labute approximate surface area is 101 Å². The van der Waals surface area contributed by atoms with Crippen LogP contribution in [0.2, 0.25) is 0 Å². The molecule has 0 aliphatic heterocycles. The molecule has 0 bridgehead atoms. The maximum Gasteiger partial charge on any atom is 0.00792 e. The van der Waals surface area contributed by atoms with Crippen LogP contribution in [0.1, 0.15) is 58.8 Å². The van der Waals surface area contributed by atoms with E-state index < -0.39 is 0 Å². The van der Waals surface area contributed by atoms with Crippen LogP contribution in [0.4, 0.5) is 0 Å². The third-order valence-electron chi connectivity index (χ3n) is 3.76. The Balaban J connectivity index is 1.94. The molecule has 2 unspecified atom stereocenters. The Morgan fingerprint density at radius 1 is 1.19 bits per heavy atom. The summed E-state index contributed by atoms with van der Waals surface area (Å²) in [6.07, 6.45) is 9.34. The molecule has 2 heteroatoms. The lowest BCUT2D eigenvalue weighted by Crippen LogP contribution is -2.39. The summed E-state index contributed by atoms with van der Waals surface area (Å²) in [5.41, 5.74) is 6.12. The van der Waals surface area contributed by atoms with Gasteiger partial charge in [0.15, 0.2) is 0 Å². The molecular weight excluding hydrogens is 196 g/mol. The highest BCUT2D eigenvalue weighted by Gasteiger charge is 2.20. The average Bonchev–Trinajstić information content (AvgIpc) is 2.25. The van der Waals surface area contributed by atoms with Gasteiger partial charge in [-0.2, -0.15) is 0 Å². The van der Waals surface area contributed by atoms with Crippen LogP contribution >= 0.6 is 0 Å². The summed E-state index contributed by atoms with van der Waals surface area (Å²) in [7, 11) is 0. The molecule has 16 heavy (non-hydrogen) atoms. The van der Waals surface area contributed by atoms with Gasteiger partial charge in [-0.1, -0.05) is 39.5 Å². The van der Waals surface area contributed by atoms with Crippen molar-refractivity contribution in [3.05, 3.63) is 0 Å². The molecule has 0 heterocycles. The van der Waals surface area contributed by atoms with Crippen LogP contribution in [-0.2, 0) is 0 Å². The largest absolute Gasteiger partial charge is 0.327 e. The number of hydrogen-bond donors (Lipinski definition) is 2. The van der Waals surface area contributed by atoms with Gasteiger partial charge < -0.3 is 11.1 Å². The van der Waals surface area contributed by atoms with E-state index in [2.05, 4.69) is 19.2 Å². The van der Waals surface area contributed by atoms with Crippen LogP contribution in [0.3, 0.4) is 0 Å². The lowest BCUT2D eigenvalue weighted by Gasteiger charge is -2.28. The Bertz CT molecular complexity index is 168. The van der Waals surface area contributed by atoms with E-state index in [4.69, 9.17) is 5.73 Å². The number of hydrogen-bond acceptors (Lipinski definition) is 2. The van der Waals surface area contributed by atoms with Crippen molar-refractivity contribution < 1.29 is 0 Å². The average molecular weight is 226 g/mol. The Morgan fingerprint density at radius 3 is 2.62 bits per heavy atom. The summed E-state index contributed by atoms with van der Waals surface area (Å²) < 4.78 is 0. The molecule has 2 atom stereocenters. The molecule has 1 aliphatic carbocycles. The molecule has 0 radical (unpaired) electrons. The van der Waals surface area contributed by atoms with Gasteiger partial charge in [0.1, 0.15) is 0 Å². The summed E-state index contributed by atoms with van der Waals surface area (Å²) in [4.78, 5) is 0. The predicted molar refractivity (Wildman–Crippen MR) is 71.5 cm³/mol. The van der Waals surface area contributed by atoms with Crippen molar-refractivity contribution in [3.8, 4) is 0 Å². The fourth-order valence-electron chi connectivity index (χ4n) is 2.58. The molecule has 2 nitrogen and oxygen atoms in total. The lowest BCUT2D eigenvalue weighted by atomic mass is 9.85. The van der Waals surface area contributed by atoms with Crippen LogP contribution in [0.5, 0.6) is 0 Å². The maximum absolute atomic E-state index is 6.12. The molecule has 0 aromatic rings. The number of rotatable bonds is 7. The molecule has 0 aromatic heterocycles. The van der Waals surface area contributed by atoms with Crippen LogP contribution in [0, 0.1) is 11.8 Å². The van der Waals surface area contributed by atoms with Gasteiger partial charge in [0, 0.05) is 6.04 Å². The first-order chi connectivity index (χ1) is 7.70. The quantitative estimate of drug-likeness (QED) is 0.655. The third-order valence-corrected chi connectivity index (χ3v) is 3.76. The zero-order chi connectivity index (χ0) is 11.8. The predicted octanol–water partition coefficient (Wildman–Crippen LogP) is 2.92. The minimum Gasteiger partial charge on any atom is -0.327 e. The number of nitrogens with two attached hydrogens (primary N) is 1. The minimum atomic E-state index is 0.455. The summed E-state index contributed by atoms with van der Waals surface area (Å²) in [6.45, 7) is 6.92. The minimum absolute atomic E-state index is 0.455.